The summed E-state index contributed by atoms with van der Waals surface area (Å²) in [7, 11) is 1.64. The molecule has 1 rings (SSSR count). The van der Waals surface area contributed by atoms with E-state index in [-0.39, 0.29) is 18.0 Å². The second-order valence-electron chi connectivity index (χ2n) is 3.38. The minimum Gasteiger partial charge on any atom is -0.508 e. The van der Waals surface area contributed by atoms with Gasteiger partial charge in [-0.2, -0.15) is 0 Å². The summed E-state index contributed by atoms with van der Waals surface area (Å²) in [5.41, 5.74) is 0.580. The van der Waals surface area contributed by atoms with Gasteiger partial charge in [0.15, 0.2) is 0 Å². The van der Waals surface area contributed by atoms with Crippen LogP contribution >= 0.6 is 0 Å². The first-order valence-corrected chi connectivity index (χ1v) is 4.40. The van der Waals surface area contributed by atoms with Crippen molar-refractivity contribution in [1.29, 1.82) is 0 Å². The summed E-state index contributed by atoms with van der Waals surface area (Å²) in [6.07, 6.45) is 0. The number of rotatable bonds is 4. The lowest BCUT2D eigenvalue weighted by Gasteiger charge is -2.14. The lowest BCUT2D eigenvalue weighted by molar-refractivity contribution is -0.138. The zero-order valence-electron chi connectivity index (χ0n) is 8.34. The molecule has 82 valence electrons. The van der Waals surface area contributed by atoms with Crippen LogP contribution in [0.4, 0.5) is 0 Å². The standard InChI is InChI=1S/C10H13NO4/c1-11(6-10(14)15)5-7-2-3-8(12)4-9(7)13/h2-4,12-13H,5-6H2,1H3,(H,14,15). The molecule has 1 aromatic carbocycles. The molecule has 15 heavy (non-hydrogen) atoms. The molecule has 0 unspecified atom stereocenters. The molecule has 0 aliphatic rings. The molecule has 0 saturated carbocycles. The zero-order valence-corrected chi connectivity index (χ0v) is 8.34. The highest BCUT2D eigenvalue weighted by atomic mass is 16.4. The minimum atomic E-state index is -0.921. The highest BCUT2D eigenvalue weighted by molar-refractivity contribution is 5.69. The molecule has 5 heteroatoms. The molecule has 5 nitrogen and oxygen atoms in total. The van der Waals surface area contributed by atoms with E-state index >= 15 is 0 Å². The quantitative estimate of drug-likeness (QED) is 0.680. The number of likely N-dealkylation sites (N-methyl/N-ethyl adjacent to an activating group) is 1. The van der Waals surface area contributed by atoms with Crippen LogP contribution in [0, 0.1) is 0 Å². The Morgan fingerprint density at radius 3 is 2.60 bits per heavy atom. The van der Waals surface area contributed by atoms with Crippen LogP contribution in [0.1, 0.15) is 5.56 Å². The molecule has 0 fully saturated rings. The van der Waals surface area contributed by atoms with Gasteiger partial charge in [-0.25, -0.2) is 0 Å². The number of carboxylic acid groups (broad SMARTS) is 1. The van der Waals surface area contributed by atoms with Gasteiger partial charge in [-0.15, -0.1) is 0 Å². The zero-order chi connectivity index (χ0) is 11.4. The Hall–Kier alpha value is -1.75. The lowest BCUT2D eigenvalue weighted by atomic mass is 10.2. The van der Waals surface area contributed by atoms with Crippen LogP contribution in [0.25, 0.3) is 0 Å². The number of carboxylic acids is 1. The van der Waals surface area contributed by atoms with E-state index in [2.05, 4.69) is 0 Å². The van der Waals surface area contributed by atoms with E-state index in [4.69, 9.17) is 10.2 Å². The maximum atomic E-state index is 10.4. The third-order valence-electron chi connectivity index (χ3n) is 1.91. The van der Waals surface area contributed by atoms with E-state index in [0.29, 0.717) is 12.1 Å². The first kappa shape index (κ1) is 11.3. The summed E-state index contributed by atoms with van der Waals surface area (Å²) in [5, 5.41) is 27.0. The maximum Gasteiger partial charge on any atom is 0.317 e. The molecule has 0 atom stereocenters. The molecule has 0 saturated heterocycles. The molecule has 0 heterocycles. The fourth-order valence-electron chi connectivity index (χ4n) is 1.26. The normalized spacial score (nSPS) is 10.5. The fourth-order valence-corrected chi connectivity index (χ4v) is 1.26. The number of hydrogen-bond donors (Lipinski definition) is 3. The molecule has 0 aliphatic heterocycles. The van der Waals surface area contributed by atoms with Crippen molar-refractivity contribution in [2.75, 3.05) is 13.6 Å². The predicted octanol–water partition coefficient (Wildman–Crippen LogP) is 0.614. The topological polar surface area (TPSA) is 81.0 Å². The highest BCUT2D eigenvalue weighted by Gasteiger charge is 2.08. The SMILES string of the molecule is CN(CC(=O)O)Cc1ccc(O)cc1O. The van der Waals surface area contributed by atoms with E-state index in [1.807, 2.05) is 0 Å². The van der Waals surface area contributed by atoms with Crippen LogP contribution in [0.3, 0.4) is 0 Å². The van der Waals surface area contributed by atoms with Crippen molar-refractivity contribution in [3.05, 3.63) is 23.8 Å². The van der Waals surface area contributed by atoms with Crippen molar-refractivity contribution in [3.8, 4) is 11.5 Å². The number of hydrogen-bond acceptors (Lipinski definition) is 4. The molecule has 0 aromatic heterocycles. The summed E-state index contributed by atoms with van der Waals surface area (Å²) in [6.45, 7) is 0.221. The molecule has 3 N–H and O–H groups in total. The van der Waals surface area contributed by atoms with E-state index in [1.165, 1.54) is 12.1 Å². The maximum absolute atomic E-state index is 10.4. The van der Waals surface area contributed by atoms with Crippen molar-refractivity contribution in [2.24, 2.45) is 0 Å². The molecule has 1 aromatic rings. The van der Waals surface area contributed by atoms with Crippen molar-refractivity contribution in [2.45, 2.75) is 6.54 Å². The van der Waals surface area contributed by atoms with Gasteiger partial charge in [0.2, 0.25) is 0 Å². The average molecular weight is 211 g/mol. The van der Waals surface area contributed by atoms with Crippen LogP contribution in [-0.4, -0.2) is 39.8 Å². The third kappa shape index (κ3) is 3.47. The number of phenolic OH excluding ortho intramolecular Hbond substituents is 2. The molecule has 0 radical (unpaired) electrons. The van der Waals surface area contributed by atoms with Crippen molar-refractivity contribution in [3.63, 3.8) is 0 Å². The molecular weight excluding hydrogens is 198 g/mol. The molecule has 0 bridgehead atoms. The number of aliphatic carboxylic acids is 1. The van der Waals surface area contributed by atoms with E-state index < -0.39 is 5.97 Å². The van der Waals surface area contributed by atoms with Crippen LogP contribution in [0.2, 0.25) is 0 Å². The largest absolute Gasteiger partial charge is 0.508 e. The summed E-state index contributed by atoms with van der Waals surface area (Å²) in [5.74, 6) is -0.972. The van der Waals surface area contributed by atoms with Gasteiger partial charge in [-0.1, -0.05) is 6.07 Å². The van der Waals surface area contributed by atoms with Gasteiger partial charge >= 0.3 is 5.97 Å². The average Bonchev–Trinajstić information content (AvgIpc) is 2.08. The number of benzene rings is 1. The fraction of sp³-hybridized carbons (Fsp3) is 0.300. The first-order chi connectivity index (χ1) is 6.99. The van der Waals surface area contributed by atoms with Crippen LogP contribution in [-0.2, 0) is 11.3 Å². The van der Waals surface area contributed by atoms with Gasteiger partial charge in [0, 0.05) is 18.2 Å². The summed E-state index contributed by atoms with van der Waals surface area (Å²) in [6, 6.07) is 4.23. The Morgan fingerprint density at radius 1 is 1.40 bits per heavy atom. The molecule has 0 spiro atoms. The van der Waals surface area contributed by atoms with Crippen LogP contribution < -0.4 is 0 Å². The number of aromatic hydroxyl groups is 2. The van der Waals surface area contributed by atoms with Crippen LogP contribution in [0.15, 0.2) is 18.2 Å². The van der Waals surface area contributed by atoms with Gasteiger partial charge in [0.1, 0.15) is 11.5 Å². The Morgan fingerprint density at radius 2 is 2.07 bits per heavy atom. The van der Waals surface area contributed by atoms with Gasteiger partial charge < -0.3 is 15.3 Å². The van der Waals surface area contributed by atoms with E-state index in [9.17, 15) is 9.90 Å². The Balaban J connectivity index is 2.68. The van der Waals surface area contributed by atoms with E-state index in [1.54, 1.807) is 18.0 Å². The smallest absolute Gasteiger partial charge is 0.317 e. The molecule has 0 amide bonds. The first-order valence-electron chi connectivity index (χ1n) is 4.40. The molecule has 0 aliphatic carbocycles. The van der Waals surface area contributed by atoms with Crippen molar-refractivity contribution < 1.29 is 20.1 Å². The summed E-state index contributed by atoms with van der Waals surface area (Å²) in [4.78, 5) is 11.9. The van der Waals surface area contributed by atoms with Gasteiger partial charge in [-0.05, 0) is 13.1 Å². The number of nitrogens with zero attached hydrogens (tertiary/aromatic N) is 1. The molecular formula is C10H13NO4. The second-order valence-corrected chi connectivity index (χ2v) is 3.38. The number of phenols is 2. The minimum absolute atomic E-state index is 0.0165. The van der Waals surface area contributed by atoms with Crippen molar-refractivity contribution >= 4 is 5.97 Å². The monoisotopic (exact) mass is 211 g/mol. The third-order valence-corrected chi connectivity index (χ3v) is 1.91. The lowest BCUT2D eigenvalue weighted by Crippen LogP contribution is -2.25. The number of carbonyl (C=O) groups is 1. The predicted molar refractivity (Wildman–Crippen MR) is 53.7 cm³/mol. The van der Waals surface area contributed by atoms with Gasteiger partial charge in [-0.3, -0.25) is 9.69 Å². The second kappa shape index (κ2) is 4.65. The Labute approximate surface area is 87.2 Å². The van der Waals surface area contributed by atoms with Crippen molar-refractivity contribution in [1.82, 2.24) is 4.90 Å². The summed E-state index contributed by atoms with van der Waals surface area (Å²) < 4.78 is 0. The highest BCUT2D eigenvalue weighted by Crippen LogP contribution is 2.23. The van der Waals surface area contributed by atoms with Crippen LogP contribution in [0.5, 0.6) is 11.5 Å². The van der Waals surface area contributed by atoms with Gasteiger partial charge in [0.25, 0.3) is 0 Å². The Kier molecular flexibility index (Phi) is 3.51. The van der Waals surface area contributed by atoms with E-state index in [0.717, 1.165) is 0 Å². The summed E-state index contributed by atoms with van der Waals surface area (Å²) >= 11 is 0. The Bertz CT molecular complexity index is 364. The van der Waals surface area contributed by atoms with Gasteiger partial charge in [0.05, 0.1) is 6.54 Å².